The van der Waals surface area contributed by atoms with Crippen LogP contribution in [0.1, 0.15) is 34.3 Å². The van der Waals surface area contributed by atoms with Gasteiger partial charge in [0, 0.05) is 12.0 Å². The fraction of sp³-hybridized carbons (Fsp3) is 0.333. The maximum Gasteiger partial charge on any atom is 0.261 e. The van der Waals surface area contributed by atoms with Gasteiger partial charge in [0.05, 0.1) is 0 Å². The third kappa shape index (κ3) is 2.84. The number of hydrogen-bond acceptors (Lipinski definition) is 4. The van der Waals surface area contributed by atoms with Crippen molar-refractivity contribution in [3.05, 3.63) is 34.9 Å². The maximum absolute atomic E-state index is 12.6. The zero-order chi connectivity index (χ0) is 15.6. The molecule has 1 fully saturated rings. The van der Waals surface area contributed by atoms with E-state index < -0.39 is 17.9 Å². The molecule has 1 aliphatic rings. The lowest BCUT2D eigenvalue weighted by Gasteiger charge is -2.29. The van der Waals surface area contributed by atoms with Crippen LogP contribution in [-0.4, -0.2) is 35.1 Å². The van der Waals surface area contributed by atoms with Crippen LogP contribution in [0, 0.1) is 13.8 Å². The second-order valence-electron chi connectivity index (χ2n) is 5.05. The Morgan fingerprint density at radius 3 is 2.43 bits per heavy atom. The number of piperidine rings is 1. The molecule has 0 spiro atoms. The molecule has 2 rings (SSSR count). The van der Waals surface area contributed by atoms with Gasteiger partial charge < -0.3 is 0 Å². The molecule has 1 saturated heterocycles. The number of aryl methyl sites for hydroxylation is 2. The number of hydrogen-bond donors (Lipinski definition) is 1. The van der Waals surface area contributed by atoms with E-state index in [0.717, 1.165) is 16.0 Å². The van der Waals surface area contributed by atoms with Gasteiger partial charge in [0.25, 0.3) is 5.91 Å². The molecular weight excluding hydrogens is 272 g/mol. The summed E-state index contributed by atoms with van der Waals surface area (Å²) < 4.78 is 0. The van der Waals surface area contributed by atoms with Gasteiger partial charge in [0.15, 0.2) is 0 Å². The Bertz CT molecular complexity index is 604. The van der Waals surface area contributed by atoms with Crippen molar-refractivity contribution in [3.63, 3.8) is 0 Å². The van der Waals surface area contributed by atoms with Gasteiger partial charge in [0.1, 0.15) is 6.04 Å². The molecule has 1 N–H and O–H groups in total. The Morgan fingerprint density at radius 2 is 1.90 bits per heavy atom. The van der Waals surface area contributed by atoms with Crippen molar-refractivity contribution in [2.24, 2.45) is 0 Å². The van der Waals surface area contributed by atoms with E-state index in [0.29, 0.717) is 12.0 Å². The van der Waals surface area contributed by atoms with Crippen LogP contribution >= 0.6 is 0 Å². The van der Waals surface area contributed by atoms with Gasteiger partial charge in [-0.3, -0.25) is 29.4 Å². The van der Waals surface area contributed by atoms with Gasteiger partial charge in [-0.05, 0) is 31.4 Å². The molecule has 0 bridgehead atoms. The first kappa shape index (κ1) is 14.9. The Morgan fingerprint density at radius 1 is 1.29 bits per heavy atom. The van der Waals surface area contributed by atoms with Crippen molar-refractivity contribution in [2.45, 2.75) is 32.7 Å². The summed E-state index contributed by atoms with van der Waals surface area (Å²) in [4.78, 5) is 47.7. The summed E-state index contributed by atoms with van der Waals surface area (Å²) in [6, 6.07) is 4.42. The molecule has 1 unspecified atom stereocenters. The van der Waals surface area contributed by atoms with Gasteiger partial charge in [-0.2, -0.15) is 0 Å². The Kier molecular flexibility index (Phi) is 4.16. The number of nitrogens with one attached hydrogen (secondary N) is 1. The number of amides is 4. The number of carbonyl (C=O) groups is 4. The van der Waals surface area contributed by atoms with Crippen LogP contribution in [0.2, 0.25) is 0 Å². The molecule has 1 atom stereocenters. The fourth-order valence-corrected chi connectivity index (χ4v) is 2.49. The Hall–Kier alpha value is -2.50. The second-order valence-corrected chi connectivity index (χ2v) is 5.05. The van der Waals surface area contributed by atoms with E-state index in [1.54, 1.807) is 26.0 Å². The summed E-state index contributed by atoms with van der Waals surface area (Å²) >= 11 is 0. The molecule has 1 aliphatic heterocycles. The molecule has 1 aromatic carbocycles. The smallest absolute Gasteiger partial charge is 0.261 e. The van der Waals surface area contributed by atoms with Crippen LogP contribution in [0.15, 0.2) is 18.2 Å². The molecule has 21 heavy (non-hydrogen) atoms. The standard InChI is InChI=1S/C15H16N2O4/c1-9-4-3-5-10(2)13(9)15(21)17(8-18)11-6-7-12(19)16-14(11)20/h3-5,8,11H,6-7H2,1-2H3,(H,16,19,20). The van der Waals surface area contributed by atoms with Crippen LogP contribution in [0.3, 0.4) is 0 Å². The predicted molar refractivity (Wildman–Crippen MR) is 74.3 cm³/mol. The minimum Gasteiger partial charge on any atom is -0.295 e. The average Bonchev–Trinajstić information content (AvgIpc) is 2.41. The second kappa shape index (κ2) is 5.87. The molecule has 0 saturated carbocycles. The lowest BCUT2D eigenvalue weighted by Crippen LogP contribution is -2.54. The summed E-state index contributed by atoms with van der Waals surface area (Å²) in [7, 11) is 0. The highest BCUT2D eigenvalue weighted by molar-refractivity contribution is 6.08. The largest absolute Gasteiger partial charge is 0.295 e. The topological polar surface area (TPSA) is 83.6 Å². The van der Waals surface area contributed by atoms with E-state index in [2.05, 4.69) is 5.32 Å². The van der Waals surface area contributed by atoms with E-state index in [1.165, 1.54) is 0 Å². The van der Waals surface area contributed by atoms with Crippen LogP contribution in [0.4, 0.5) is 0 Å². The number of rotatable bonds is 3. The quantitative estimate of drug-likeness (QED) is 0.656. The molecular formula is C15H16N2O4. The summed E-state index contributed by atoms with van der Waals surface area (Å²) in [5.74, 6) is -1.52. The molecule has 1 aromatic rings. The molecule has 4 amide bonds. The van der Waals surface area contributed by atoms with Gasteiger partial charge in [-0.15, -0.1) is 0 Å². The SMILES string of the molecule is Cc1cccc(C)c1C(=O)N(C=O)C1CCC(=O)NC1=O. The van der Waals surface area contributed by atoms with Gasteiger partial charge in [0.2, 0.25) is 18.2 Å². The fourth-order valence-electron chi connectivity index (χ4n) is 2.49. The van der Waals surface area contributed by atoms with E-state index in [4.69, 9.17) is 0 Å². The van der Waals surface area contributed by atoms with Crippen LogP contribution in [0.25, 0.3) is 0 Å². The lowest BCUT2D eigenvalue weighted by atomic mass is 9.99. The van der Waals surface area contributed by atoms with Crippen molar-refractivity contribution in [2.75, 3.05) is 0 Å². The summed E-state index contributed by atoms with van der Waals surface area (Å²) in [6.45, 7) is 3.54. The minimum absolute atomic E-state index is 0.112. The zero-order valence-electron chi connectivity index (χ0n) is 11.9. The monoisotopic (exact) mass is 288 g/mol. The number of imide groups is 2. The highest BCUT2D eigenvalue weighted by atomic mass is 16.2. The molecule has 6 heteroatoms. The van der Waals surface area contributed by atoms with E-state index >= 15 is 0 Å². The molecule has 1 heterocycles. The third-order valence-electron chi connectivity index (χ3n) is 3.59. The number of carbonyl (C=O) groups excluding carboxylic acids is 4. The third-order valence-corrected chi connectivity index (χ3v) is 3.59. The highest BCUT2D eigenvalue weighted by Gasteiger charge is 2.35. The van der Waals surface area contributed by atoms with E-state index in [1.807, 2.05) is 6.07 Å². The Labute approximate surface area is 122 Å². The van der Waals surface area contributed by atoms with Gasteiger partial charge >= 0.3 is 0 Å². The lowest BCUT2D eigenvalue weighted by molar-refractivity contribution is -0.139. The minimum atomic E-state index is -0.938. The number of benzene rings is 1. The number of nitrogens with zero attached hydrogens (tertiary/aromatic N) is 1. The van der Waals surface area contributed by atoms with Gasteiger partial charge in [-0.1, -0.05) is 18.2 Å². The first-order valence-corrected chi connectivity index (χ1v) is 6.63. The van der Waals surface area contributed by atoms with Crippen molar-refractivity contribution >= 4 is 24.1 Å². The molecule has 0 aromatic heterocycles. The first-order valence-electron chi connectivity index (χ1n) is 6.63. The van der Waals surface area contributed by atoms with Crippen molar-refractivity contribution in [1.29, 1.82) is 0 Å². The summed E-state index contributed by atoms with van der Waals surface area (Å²) in [6.07, 6.45) is 0.620. The molecule has 6 nitrogen and oxygen atoms in total. The molecule has 0 aliphatic carbocycles. The van der Waals surface area contributed by atoms with Crippen LogP contribution in [0.5, 0.6) is 0 Å². The summed E-state index contributed by atoms with van der Waals surface area (Å²) in [5.41, 5.74) is 1.88. The van der Waals surface area contributed by atoms with E-state index in [-0.39, 0.29) is 18.7 Å². The Balaban J connectivity index is 2.33. The molecule has 110 valence electrons. The maximum atomic E-state index is 12.6. The van der Waals surface area contributed by atoms with E-state index in [9.17, 15) is 19.2 Å². The highest BCUT2D eigenvalue weighted by Crippen LogP contribution is 2.19. The van der Waals surface area contributed by atoms with Gasteiger partial charge in [-0.25, -0.2) is 0 Å². The van der Waals surface area contributed by atoms with Crippen molar-refractivity contribution in [3.8, 4) is 0 Å². The zero-order valence-corrected chi connectivity index (χ0v) is 11.9. The normalized spacial score (nSPS) is 18.1. The summed E-state index contributed by atoms with van der Waals surface area (Å²) in [5, 5.41) is 2.15. The van der Waals surface area contributed by atoms with Crippen molar-refractivity contribution < 1.29 is 19.2 Å². The van der Waals surface area contributed by atoms with Crippen molar-refractivity contribution in [1.82, 2.24) is 10.2 Å². The first-order chi connectivity index (χ1) is 9.95. The average molecular weight is 288 g/mol. The van der Waals surface area contributed by atoms with Crippen LogP contribution in [-0.2, 0) is 14.4 Å². The van der Waals surface area contributed by atoms with Crippen LogP contribution < -0.4 is 5.32 Å². The predicted octanol–water partition coefficient (Wildman–Crippen LogP) is 0.707. The molecule has 0 radical (unpaired) electrons.